The fourth-order valence-electron chi connectivity index (χ4n) is 19.2. The van der Waals surface area contributed by atoms with Crippen LogP contribution in [0.5, 0.6) is 34.5 Å². The number of hydrogen-bond acceptors (Lipinski definition) is 24. The Morgan fingerprint density at radius 1 is 0.545 bits per heavy atom. The van der Waals surface area contributed by atoms with E-state index in [1.807, 2.05) is 98.8 Å². The minimum Gasteiger partial charge on any atom is -0.497 e. The molecule has 7 aliphatic rings. The maximum atomic E-state index is 13.3. The molecule has 0 spiro atoms. The van der Waals surface area contributed by atoms with Gasteiger partial charge in [-0.2, -0.15) is 0 Å². The Hall–Kier alpha value is -9.86. The van der Waals surface area contributed by atoms with Gasteiger partial charge in [0.25, 0.3) is 15.6 Å². The molecule has 0 aliphatic carbocycles. The first kappa shape index (κ1) is 113. The summed E-state index contributed by atoms with van der Waals surface area (Å²) in [6.07, 6.45) is 16.6. The van der Waals surface area contributed by atoms with Crippen LogP contribution in [-0.2, 0) is 40.8 Å². The van der Waals surface area contributed by atoms with Gasteiger partial charge in [-0.25, -0.2) is 27.3 Å². The van der Waals surface area contributed by atoms with Crippen molar-refractivity contribution in [3.63, 3.8) is 0 Å². The number of piperidine rings is 3. The van der Waals surface area contributed by atoms with Gasteiger partial charge in [0.15, 0.2) is 5.43 Å². The number of ether oxygens (including phenoxy) is 6. The number of rotatable bonds is 23. The van der Waals surface area contributed by atoms with Crippen LogP contribution in [0.1, 0.15) is 162 Å². The lowest BCUT2D eigenvalue weighted by molar-refractivity contribution is -0.142. The molecule has 6 atom stereocenters. The summed E-state index contributed by atoms with van der Waals surface area (Å²) in [7, 11) is 3.77. The lowest BCUT2D eigenvalue weighted by Gasteiger charge is -2.44. The number of aromatic amines is 1. The zero-order valence-electron chi connectivity index (χ0n) is 86.2. The highest BCUT2D eigenvalue weighted by Gasteiger charge is 2.53. The van der Waals surface area contributed by atoms with Gasteiger partial charge in [-0.15, -0.1) is 0 Å². The largest absolute Gasteiger partial charge is 0.497 e. The number of aryl methyl sites for hydroxylation is 2. The maximum Gasteiger partial charge on any atom is 0.497 e. The Morgan fingerprint density at radius 2 is 0.986 bits per heavy atom. The SMILES string of the molecule is CI.COc1cc(N2CCC(c3ccc(OCCN4[C@H](C)CN(C(C)=O)C[C@@H]4C)cc3)CC2)ncc1Br.COc1ccnc(Cl)c1.COc1ccnc(N2CCC(c3ccc(OCCN4[C@H](C)CN(C(C)=O)C[C@@H]4C)cc3)CC2)c1.C[C@@H]1C(=O)N(C)C[C@H](C)N1CCOc1ccc(C2CCNCC2)cc1.Cc1ccc(S(=O)(=O)n2ccc3c(B4OC(C)(C)C(C)(C)O4)cn(C)c(=O)c32)cc1.O=c1cc[nH]c(Cl)c1. The number of pyridine rings is 5. The Kier molecular flexibility index (Phi) is 42.4. The summed E-state index contributed by atoms with van der Waals surface area (Å²) in [6.45, 7) is 40.4. The molecule has 30 nitrogen and oxygen atoms in total. The number of carbonyl (C=O) groups is 3. The van der Waals surface area contributed by atoms with Gasteiger partial charge in [-0.3, -0.25) is 38.7 Å². The molecule has 7 saturated heterocycles. The predicted molar refractivity (Wildman–Crippen MR) is 582 cm³/mol. The fourth-order valence-corrected chi connectivity index (χ4v) is 21.3. The van der Waals surface area contributed by atoms with Crippen LogP contribution < -0.4 is 60.0 Å². The van der Waals surface area contributed by atoms with Crippen molar-refractivity contribution in [2.45, 2.75) is 199 Å². The molecule has 2 N–H and O–H groups in total. The van der Waals surface area contributed by atoms with Crippen LogP contribution in [0.4, 0.5) is 11.6 Å². The predicted octanol–water partition coefficient (Wildman–Crippen LogP) is 16.4. The quantitative estimate of drug-likeness (QED) is 0.0260. The highest BCUT2D eigenvalue weighted by Crippen LogP contribution is 2.40. The summed E-state index contributed by atoms with van der Waals surface area (Å²) in [5, 5.41) is 4.73. The highest BCUT2D eigenvalue weighted by molar-refractivity contribution is 14.1. The molecule has 7 aliphatic heterocycles. The van der Waals surface area contributed by atoms with E-state index in [1.54, 1.807) is 97.1 Å². The van der Waals surface area contributed by atoms with E-state index in [0.29, 0.717) is 88.9 Å². The van der Waals surface area contributed by atoms with Gasteiger partial charge >= 0.3 is 7.12 Å². The number of H-pyrrole nitrogens is 1. The topological polar surface area (TPSA) is 296 Å². The Labute approximate surface area is 876 Å². The van der Waals surface area contributed by atoms with Gasteiger partial charge in [0, 0.05) is 215 Å². The lowest BCUT2D eigenvalue weighted by atomic mass is 9.78. The van der Waals surface area contributed by atoms with E-state index in [1.165, 1.54) is 58.6 Å². The van der Waals surface area contributed by atoms with Crippen molar-refractivity contribution in [2.75, 3.05) is 155 Å². The first-order chi connectivity index (χ1) is 68.3. The molecule has 13 heterocycles. The van der Waals surface area contributed by atoms with Crippen molar-refractivity contribution in [1.29, 1.82) is 0 Å². The number of fused-ring (bicyclic) bond motifs is 1. The number of likely N-dealkylation sites (N-methyl/N-ethyl adjacent to an activating group) is 1. The number of aromatic nitrogens is 6. The summed E-state index contributed by atoms with van der Waals surface area (Å²) in [4.78, 5) is 94.0. The smallest absolute Gasteiger partial charge is 0.497 e. The van der Waals surface area contributed by atoms with E-state index in [0.717, 1.165) is 177 Å². The van der Waals surface area contributed by atoms with Crippen molar-refractivity contribution in [2.24, 2.45) is 7.05 Å². The first-order valence-electron chi connectivity index (χ1n) is 49.2. The third-order valence-corrected chi connectivity index (χ3v) is 30.8. The molecule has 0 saturated carbocycles. The van der Waals surface area contributed by atoms with Gasteiger partial charge in [0.1, 0.15) is 81.8 Å². The summed E-state index contributed by atoms with van der Waals surface area (Å²) in [6, 6.07) is 47.7. The van der Waals surface area contributed by atoms with E-state index < -0.39 is 33.9 Å². The van der Waals surface area contributed by atoms with E-state index in [9.17, 15) is 32.4 Å². The molecule has 6 aromatic heterocycles. The molecule has 3 amide bonds. The van der Waals surface area contributed by atoms with Gasteiger partial charge in [-0.05, 0) is 250 Å². The normalized spacial score (nSPS) is 20.1. The molecule has 36 heteroatoms. The van der Waals surface area contributed by atoms with E-state index >= 15 is 0 Å². The summed E-state index contributed by atoms with van der Waals surface area (Å²) in [5.41, 5.74) is 4.21. The second-order valence-corrected chi connectivity index (χ2v) is 41.9. The third-order valence-electron chi connectivity index (χ3n) is 28.1. The zero-order chi connectivity index (χ0) is 104. The van der Waals surface area contributed by atoms with Crippen LogP contribution in [0.15, 0.2) is 202 Å². The van der Waals surface area contributed by atoms with Crippen LogP contribution in [0.2, 0.25) is 10.3 Å². The minimum atomic E-state index is -3.94. The highest BCUT2D eigenvalue weighted by atomic mass is 127. The molecule has 143 heavy (non-hydrogen) atoms. The monoisotopic (exact) mass is 2200 g/mol. The van der Waals surface area contributed by atoms with Crippen molar-refractivity contribution >= 4 is 125 Å². The Morgan fingerprint density at radius 3 is 1.41 bits per heavy atom. The van der Waals surface area contributed by atoms with Crippen LogP contribution in [0.25, 0.3) is 10.9 Å². The van der Waals surface area contributed by atoms with Gasteiger partial charge in [0.2, 0.25) is 17.7 Å². The number of amides is 3. The third kappa shape index (κ3) is 30.9. The number of carbonyl (C=O) groups excluding carboxylic acids is 3. The van der Waals surface area contributed by atoms with Crippen LogP contribution in [0.3, 0.4) is 0 Å². The number of benzene rings is 4. The van der Waals surface area contributed by atoms with E-state index in [-0.39, 0.29) is 39.6 Å². The van der Waals surface area contributed by atoms with Gasteiger partial charge in [0.05, 0.1) is 47.9 Å². The molecule has 0 unspecified atom stereocenters. The molecular weight excluding hydrogens is 2060 g/mol. The molecule has 0 bridgehead atoms. The van der Waals surface area contributed by atoms with Crippen LogP contribution >= 0.6 is 61.7 Å². The molecule has 0 radical (unpaired) electrons. The number of nitrogens with zero attached hydrogens (tertiary/aromatic N) is 13. The van der Waals surface area contributed by atoms with Crippen LogP contribution in [0, 0.1) is 6.92 Å². The summed E-state index contributed by atoms with van der Waals surface area (Å²) in [5.74, 6) is 9.43. The first-order valence-corrected chi connectivity index (χ1v) is 54.3. The van der Waals surface area contributed by atoms with Crippen molar-refractivity contribution in [1.82, 2.24) is 63.2 Å². The van der Waals surface area contributed by atoms with Crippen molar-refractivity contribution < 1.29 is 60.5 Å². The molecule has 774 valence electrons. The molecule has 7 fully saturated rings. The van der Waals surface area contributed by atoms with Crippen molar-refractivity contribution in [3.8, 4) is 34.5 Å². The van der Waals surface area contributed by atoms with Crippen LogP contribution in [-0.4, -0.2) is 283 Å². The van der Waals surface area contributed by atoms with Gasteiger partial charge < -0.3 is 77.1 Å². The number of hydrogen-bond donors (Lipinski definition) is 2. The number of piperazine rings is 3. The summed E-state index contributed by atoms with van der Waals surface area (Å²) >= 11 is 16.5. The number of methoxy groups -OCH3 is 3. The second-order valence-electron chi connectivity index (χ2n) is 38.4. The Balaban J connectivity index is 0.000000172. The van der Waals surface area contributed by atoms with Gasteiger partial charge in [-0.1, -0.05) is 99.9 Å². The average molecular weight is 2200 g/mol. The lowest BCUT2D eigenvalue weighted by Crippen LogP contribution is -2.59. The van der Waals surface area contributed by atoms with Crippen molar-refractivity contribution in [3.05, 3.63) is 240 Å². The van der Waals surface area contributed by atoms with E-state index in [2.05, 4.69) is 196 Å². The molecule has 17 rings (SSSR count). The Bertz CT molecular complexity index is 5960. The maximum absolute atomic E-state index is 13.3. The molecule has 4 aromatic carbocycles. The zero-order valence-corrected chi connectivity index (χ0v) is 92.3. The minimum absolute atomic E-state index is 0.0698. The number of anilines is 2. The number of halogens is 4. The molecule has 10 aromatic rings. The standard InChI is InChI=1S/C27H37BrN4O3.C27H38N4O3.C21H25BN2O5S.C20H31N3O2.C6H6ClNO.C5H4ClNO.CH3I/c1-19-17-31(21(3)33)18-20(2)32(19)13-14-35-24-7-5-22(6-8-24)23-9-11-30(12-10-23)27-15-26(34-4)25(28)16-29-27;1-20-18-30(22(3)32)19-21(2)31(20)15-16-34-25-7-5-23(6-8-25)24-10-13-29(14-11-24)27-17-26(33-4)9-12-28-27;1-14-7-9-15(10-8-14)30(26,27)24-12-11-16-17(13-23(6)19(25)18(16)24)22-28-20(2,3)21(4,5)29-22;1-15-14-22(3)20(24)16(2)23(15)12-13-25-19-6-4-17(5-7-19)18-8-10-21-11-9-18;1-9-5-2-3-8-6(7)4-5;6-5-3-4(8)1-2-7-5;1-2/h5-8,15-16,19-20,23H,9-14,17-18H2,1-4H3;5-9,12,17,20-21,24H,10-11,13-16,18-19H2,1-4H3;7-13H,1-6H3;4-7,15-16,18,21H,8-14H2,1-3H3;2-4H,1H3;1-3H,(H,7,8);1H3/t19-,20+;20-,21+;;15-,16+;;;/m...0.../s1. The summed E-state index contributed by atoms with van der Waals surface area (Å²) < 4.78 is 75.8. The average Bonchev–Trinajstić information content (AvgIpc) is 1.58. The number of nitrogens with one attached hydrogen (secondary N) is 2. The molecular formula is C107H144BBrCl2IN15O15S. The fraction of sp³-hybridized carbons (Fsp3) is 0.495. The number of alkyl halides is 1. The second kappa shape index (κ2) is 53.5. The van der Waals surface area contributed by atoms with E-state index in [4.69, 9.17) is 60.9 Å².